The van der Waals surface area contributed by atoms with E-state index >= 15 is 0 Å². The smallest absolute Gasteiger partial charge is 0.0234 e. The SMILES string of the molecule is CCNC1CCN(Cc2ccc(C)cc2)C1. The third kappa shape index (κ3) is 3.06. The Morgan fingerprint density at radius 3 is 2.75 bits per heavy atom. The van der Waals surface area contributed by atoms with Gasteiger partial charge >= 0.3 is 0 Å². The molecule has 1 atom stereocenters. The highest BCUT2D eigenvalue weighted by Crippen LogP contribution is 2.13. The minimum absolute atomic E-state index is 0.704. The van der Waals surface area contributed by atoms with Crippen molar-refractivity contribution in [2.75, 3.05) is 19.6 Å². The summed E-state index contributed by atoms with van der Waals surface area (Å²) in [6.07, 6.45) is 1.29. The summed E-state index contributed by atoms with van der Waals surface area (Å²) in [5, 5.41) is 3.53. The number of hydrogen-bond donors (Lipinski definition) is 1. The van der Waals surface area contributed by atoms with E-state index in [4.69, 9.17) is 0 Å². The van der Waals surface area contributed by atoms with Gasteiger partial charge in [-0.05, 0) is 25.5 Å². The Balaban J connectivity index is 1.84. The molecular weight excluding hydrogens is 196 g/mol. The summed E-state index contributed by atoms with van der Waals surface area (Å²) in [5.41, 5.74) is 2.78. The Morgan fingerprint density at radius 2 is 2.06 bits per heavy atom. The summed E-state index contributed by atoms with van der Waals surface area (Å²) in [4.78, 5) is 2.54. The minimum Gasteiger partial charge on any atom is -0.313 e. The van der Waals surface area contributed by atoms with Crippen LogP contribution in [0.1, 0.15) is 24.5 Å². The van der Waals surface area contributed by atoms with Crippen molar-refractivity contribution in [3.8, 4) is 0 Å². The van der Waals surface area contributed by atoms with Crippen molar-refractivity contribution in [3.05, 3.63) is 35.4 Å². The Hall–Kier alpha value is -0.860. The highest BCUT2D eigenvalue weighted by Gasteiger charge is 2.20. The largest absolute Gasteiger partial charge is 0.313 e. The van der Waals surface area contributed by atoms with Gasteiger partial charge in [-0.3, -0.25) is 4.90 Å². The van der Waals surface area contributed by atoms with E-state index in [-0.39, 0.29) is 0 Å². The molecule has 88 valence electrons. The van der Waals surface area contributed by atoms with Crippen LogP contribution in [0.3, 0.4) is 0 Å². The summed E-state index contributed by atoms with van der Waals surface area (Å²) >= 11 is 0. The van der Waals surface area contributed by atoms with E-state index in [1.165, 1.54) is 30.6 Å². The van der Waals surface area contributed by atoms with E-state index in [1.54, 1.807) is 0 Å². The lowest BCUT2D eigenvalue weighted by molar-refractivity contribution is 0.321. The maximum atomic E-state index is 3.53. The number of nitrogens with zero attached hydrogens (tertiary/aromatic N) is 1. The Bertz CT molecular complexity index is 318. The fourth-order valence-corrected chi connectivity index (χ4v) is 2.38. The second kappa shape index (κ2) is 5.46. The van der Waals surface area contributed by atoms with E-state index in [2.05, 4.69) is 48.3 Å². The third-order valence-electron chi connectivity index (χ3n) is 3.29. The van der Waals surface area contributed by atoms with Crippen LogP contribution in [-0.4, -0.2) is 30.6 Å². The van der Waals surface area contributed by atoms with Gasteiger partial charge in [0.25, 0.3) is 0 Å². The van der Waals surface area contributed by atoms with Crippen molar-refractivity contribution in [2.45, 2.75) is 32.9 Å². The van der Waals surface area contributed by atoms with E-state index in [1.807, 2.05) is 0 Å². The van der Waals surface area contributed by atoms with Gasteiger partial charge in [0.2, 0.25) is 0 Å². The van der Waals surface area contributed by atoms with Crippen molar-refractivity contribution in [1.82, 2.24) is 10.2 Å². The van der Waals surface area contributed by atoms with Gasteiger partial charge in [0.05, 0.1) is 0 Å². The first-order valence-electron chi connectivity index (χ1n) is 6.29. The lowest BCUT2D eigenvalue weighted by Crippen LogP contribution is -2.32. The number of likely N-dealkylation sites (N-methyl/N-ethyl adjacent to an activating group) is 1. The van der Waals surface area contributed by atoms with Crippen LogP contribution in [0.4, 0.5) is 0 Å². The van der Waals surface area contributed by atoms with Gasteiger partial charge in [0.15, 0.2) is 0 Å². The van der Waals surface area contributed by atoms with Crippen LogP contribution in [0.25, 0.3) is 0 Å². The number of hydrogen-bond acceptors (Lipinski definition) is 2. The molecule has 1 N–H and O–H groups in total. The summed E-state index contributed by atoms with van der Waals surface area (Å²) in [7, 11) is 0. The van der Waals surface area contributed by atoms with Crippen LogP contribution in [0.2, 0.25) is 0 Å². The Kier molecular flexibility index (Phi) is 3.97. The molecule has 1 aromatic carbocycles. The maximum absolute atomic E-state index is 3.53. The molecule has 16 heavy (non-hydrogen) atoms. The molecule has 2 heteroatoms. The van der Waals surface area contributed by atoms with Gasteiger partial charge in [0.1, 0.15) is 0 Å². The van der Waals surface area contributed by atoms with Crippen LogP contribution in [0.15, 0.2) is 24.3 Å². The molecule has 0 radical (unpaired) electrons. The van der Waals surface area contributed by atoms with Gasteiger partial charge in [-0.15, -0.1) is 0 Å². The molecular formula is C14H22N2. The quantitative estimate of drug-likeness (QED) is 0.833. The normalized spacial score (nSPS) is 21.5. The standard InChI is InChI=1S/C14H22N2/c1-3-15-14-8-9-16(11-14)10-13-6-4-12(2)5-7-13/h4-7,14-15H,3,8-11H2,1-2H3. The molecule has 0 amide bonds. The molecule has 1 aromatic rings. The van der Waals surface area contributed by atoms with E-state index in [0.717, 1.165) is 13.1 Å². The van der Waals surface area contributed by atoms with E-state index in [9.17, 15) is 0 Å². The summed E-state index contributed by atoms with van der Waals surface area (Å²) in [6.45, 7) is 8.93. The summed E-state index contributed by atoms with van der Waals surface area (Å²) in [6, 6.07) is 9.60. The number of aryl methyl sites for hydroxylation is 1. The average molecular weight is 218 g/mol. The van der Waals surface area contributed by atoms with Crippen molar-refractivity contribution < 1.29 is 0 Å². The van der Waals surface area contributed by atoms with Gasteiger partial charge in [-0.1, -0.05) is 36.8 Å². The fourth-order valence-electron chi connectivity index (χ4n) is 2.38. The first-order valence-corrected chi connectivity index (χ1v) is 6.29. The number of likely N-dealkylation sites (tertiary alicyclic amines) is 1. The van der Waals surface area contributed by atoms with E-state index in [0.29, 0.717) is 6.04 Å². The maximum Gasteiger partial charge on any atom is 0.0234 e. The zero-order chi connectivity index (χ0) is 11.4. The molecule has 1 saturated heterocycles. The van der Waals surface area contributed by atoms with E-state index < -0.39 is 0 Å². The molecule has 0 bridgehead atoms. The monoisotopic (exact) mass is 218 g/mol. The van der Waals surface area contributed by atoms with Crippen LogP contribution < -0.4 is 5.32 Å². The van der Waals surface area contributed by atoms with Gasteiger partial charge in [0, 0.05) is 25.7 Å². The van der Waals surface area contributed by atoms with Crippen molar-refractivity contribution in [2.24, 2.45) is 0 Å². The molecule has 2 rings (SSSR count). The Morgan fingerprint density at radius 1 is 1.31 bits per heavy atom. The van der Waals surface area contributed by atoms with Gasteiger partial charge in [-0.25, -0.2) is 0 Å². The molecule has 1 aliphatic heterocycles. The Labute approximate surface area is 98.7 Å². The zero-order valence-corrected chi connectivity index (χ0v) is 10.4. The topological polar surface area (TPSA) is 15.3 Å². The van der Waals surface area contributed by atoms with Crippen molar-refractivity contribution in [3.63, 3.8) is 0 Å². The van der Waals surface area contributed by atoms with Gasteiger partial charge < -0.3 is 5.32 Å². The number of nitrogens with one attached hydrogen (secondary N) is 1. The molecule has 0 aliphatic carbocycles. The van der Waals surface area contributed by atoms with Crippen molar-refractivity contribution >= 4 is 0 Å². The zero-order valence-electron chi connectivity index (χ0n) is 10.4. The summed E-state index contributed by atoms with van der Waals surface area (Å²) < 4.78 is 0. The first kappa shape index (κ1) is 11.6. The molecule has 0 spiro atoms. The van der Waals surface area contributed by atoms with Gasteiger partial charge in [-0.2, -0.15) is 0 Å². The molecule has 1 fully saturated rings. The molecule has 1 unspecified atom stereocenters. The first-order chi connectivity index (χ1) is 7.78. The minimum atomic E-state index is 0.704. The number of benzene rings is 1. The second-order valence-electron chi connectivity index (χ2n) is 4.76. The average Bonchev–Trinajstić information content (AvgIpc) is 2.70. The van der Waals surface area contributed by atoms with Crippen molar-refractivity contribution in [1.29, 1.82) is 0 Å². The predicted octanol–water partition coefficient (Wildman–Crippen LogP) is 2.18. The molecule has 1 aliphatic rings. The second-order valence-corrected chi connectivity index (χ2v) is 4.76. The molecule has 0 aromatic heterocycles. The lowest BCUT2D eigenvalue weighted by atomic mass is 10.1. The molecule has 0 saturated carbocycles. The lowest BCUT2D eigenvalue weighted by Gasteiger charge is -2.16. The van der Waals surface area contributed by atoms with Crippen LogP contribution in [0, 0.1) is 6.92 Å². The fraction of sp³-hybridized carbons (Fsp3) is 0.571. The predicted molar refractivity (Wildman–Crippen MR) is 68.5 cm³/mol. The number of rotatable bonds is 4. The summed E-state index contributed by atoms with van der Waals surface area (Å²) in [5.74, 6) is 0. The third-order valence-corrected chi connectivity index (χ3v) is 3.29. The van der Waals surface area contributed by atoms with Crippen LogP contribution in [0.5, 0.6) is 0 Å². The highest BCUT2D eigenvalue weighted by atomic mass is 15.2. The van der Waals surface area contributed by atoms with Crippen LogP contribution >= 0.6 is 0 Å². The molecule has 1 heterocycles. The molecule has 2 nitrogen and oxygen atoms in total. The van der Waals surface area contributed by atoms with Crippen LogP contribution in [-0.2, 0) is 6.54 Å². The highest BCUT2D eigenvalue weighted by molar-refractivity contribution is 5.21.